The summed E-state index contributed by atoms with van der Waals surface area (Å²) in [6.07, 6.45) is 2.09. The predicted octanol–water partition coefficient (Wildman–Crippen LogP) is -0.748. The third-order valence-electron chi connectivity index (χ3n) is 4.55. The van der Waals surface area contributed by atoms with Crippen LogP contribution in [0.25, 0.3) is 11.2 Å². The van der Waals surface area contributed by atoms with Crippen molar-refractivity contribution in [3.63, 3.8) is 0 Å². The molecule has 0 spiro atoms. The van der Waals surface area contributed by atoms with E-state index in [1.54, 1.807) is 18.5 Å². The maximum absolute atomic E-state index is 12.5. The minimum atomic E-state index is -0.470. The van der Waals surface area contributed by atoms with E-state index in [1.165, 1.54) is 30.0 Å². The normalized spacial score (nSPS) is 11.0. The Bertz CT molecular complexity index is 989. The molecule has 0 aliphatic rings. The summed E-state index contributed by atoms with van der Waals surface area (Å²) in [4.78, 5) is 54.2. The Labute approximate surface area is 167 Å². The average Bonchev–Trinajstić information content (AvgIpc) is 3.12. The summed E-state index contributed by atoms with van der Waals surface area (Å²) in [6, 6.07) is 0. The van der Waals surface area contributed by atoms with Crippen molar-refractivity contribution in [2.75, 3.05) is 33.4 Å². The van der Waals surface area contributed by atoms with Gasteiger partial charge in [0.05, 0.1) is 19.5 Å². The second kappa shape index (κ2) is 10.0. The molecule has 0 radical (unpaired) electrons. The molecule has 2 aromatic heterocycles. The molecule has 2 aromatic rings. The van der Waals surface area contributed by atoms with E-state index >= 15 is 0 Å². The van der Waals surface area contributed by atoms with E-state index in [0.717, 1.165) is 4.57 Å². The van der Waals surface area contributed by atoms with Crippen LogP contribution in [0.3, 0.4) is 0 Å². The zero-order valence-corrected chi connectivity index (χ0v) is 17.2. The number of carbonyl (C=O) groups is 2. The summed E-state index contributed by atoms with van der Waals surface area (Å²) in [5.41, 5.74) is -0.273. The number of methoxy groups -OCH3 is 1. The molecule has 1 amide bonds. The second-order valence-corrected chi connectivity index (χ2v) is 6.53. The molecule has 29 heavy (non-hydrogen) atoms. The summed E-state index contributed by atoms with van der Waals surface area (Å²) in [5, 5.41) is 0. The molecule has 0 aliphatic carbocycles. The molecule has 0 fully saturated rings. The number of rotatable bonds is 10. The van der Waals surface area contributed by atoms with Crippen LogP contribution < -0.4 is 11.2 Å². The Balaban J connectivity index is 2.07. The van der Waals surface area contributed by atoms with E-state index in [-0.39, 0.29) is 32.0 Å². The lowest BCUT2D eigenvalue weighted by molar-refractivity contribution is -0.149. The first-order valence-electron chi connectivity index (χ1n) is 9.35. The Morgan fingerprint density at radius 1 is 1.21 bits per heavy atom. The molecular weight excluding hydrogens is 382 g/mol. The number of aryl methyl sites for hydroxylation is 2. The van der Waals surface area contributed by atoms with Crippen LogP contribution in [0.4, 0.5) is 0 Å². The highest BCUT2D eigenvalue weighted by Gasteiger charge is 2.18. The summed E-state index contributed by atoms with van der Waals surface area (Å²) in [7, 11) is 4.48. The first-order valence-corrected chi connectivity index (χ1v) is 9.35. The SMILES string of the molecule is CCOC(=O)CN(CCOC)C(=O)CCCn1cnc2c1c(=O)n(C)c(=O)n2C. The van der Waals surface area contributed by atoms with Crippen molar-refractivity contribution in [1.82, 2.24) is 23.6 Å². The number of esters is 1. The summed E-state index contributed by atoms with van der Waals surface area (Å²) in [5.74, 6) is -0.679. The Morgan fingerprint density at radius 2 is 1.93 bits per heavy atom. The Kier molecular flexibility index (Phi) is 7.71. The van der Waals surface area contributed by atoms with Gasteiger partial charge < -0.3 is 18.9 Å². The molecular formula is C18H27N5O6. The lowest BCUT2D eigenvalue weighted by Gasteiger charge is -2.21. The minimum absolute atomic E-state index is 0.132. The number of hydrogen-bond acceptors (Lipinski definition) is 7. The molecule has 0 N–H and O–H groups in total. The number of nitrogens with zero attached hydrogens (tertiary/aromatic N) is 5. The van der Waals surface area contributed by atoms with E-state index < -0.39 is 17.2 Å². The summed E-state index contributed by atoms with van der Waals surface area (Å²) in [6.45, 7) is 2.77. The van der Waals surface area contributed by atoms with Gasteiger partial charge in [0, 0.05) is 40.7 Å². The average molecular weight is 409 g/mol. The van der Waals surface area contributed by atoms with Gasteiger partial charge in [-0.15, -0.1) is 0 Å². The molecule has 0 saturated heterocycles. The molecule has 11 heteroatoms. The molecule has 0 bridgehead atoms. The monoisotopic (exact) mass is 409 g/mol. The van der Waals surface area contributed by atoms with Gasteiger partial charge in [-0.1, -0.05) is 0 Å². The molecule has 0 saturated carbocycles. The summed E-state index contributed by atoms with van der Waals surface area (Å²) < 4.78 is 13.9. The van der Waals surface area contributed by atoms with Gasteiger partial charge in [-0.05, 0) is 13.3 Å². The van der Waals surface area contributed by atoms with Crippen molar-refractivity contribution in [3.8, 4) is 0 Å². The maximum Gasteiger partial charge on any atom is 0.332 e. The maximum atomic E-state index is 12.5. The fraction of sp³-hybridized carbons (Fsp3) is 0.611. The van der Waals surface area contributed by atoms with Crippen LogP contribution in [-0.4, -0.2) is 68.9 Å². The number of fused-ring (bicyclic) bond motifs is 1. The van der Waals surface area contributed by atoms with Crippen LogP contribution in [0.5, 0.6) is 0 Å². The minimum Gasteiger partial charge on any atom is -0.465 e. The molecule has 2 rings (SSSR count). The van der Waals surface area contributed by atoms with Crippen LogP contribution in [-0.2, 0) is 39.7 Å². The molecule has 0 aromatic carbocycles. The number of ether oxygens (including phenoxy) is 2. The molecule has 0 unspecified atom stereocenters. The van der Waals surface area contributed by atoms with Gasteiger partial charge in [-0.25, -0.2) is 9.78 Å². The van der Waals surface area contributed by atoms with Crippen LogP contribution >= 0.6 is 0 Å². The van der Waals surface area contributed by atoms with Gasteiger partial charge >= 0.3 is 11.7 Å². The van der Waals surface area contributed by atoms with Crippen LogP contribution in [0.1, 0.15) is 19.8 Å². The van der Waals surface area contributed by atoms with E-state index in [0.29, 0.717) is 30.7 Å². The van der Waals surface area contributed by atoms with Crippen molar-refractivity contribution in [3.05, 3.63) is 27.2 Å². The van der Waals surface area contributed by atoms with Crippen molar-refractivity contribution in [1.29, 1.82) is 0 Å². The highest BCUT2D eigenvalue weighted by Crippen LogP contribution is 2.08. The predicted molar refractivity (Wildman–Crippen MR) is 105 cm³/mol. The van der Waals surface area contributed by atoms with Crippen LogP contribution in [0.15, 0.2) is 15.9 Å². The van der Waals surface area contributed by atoms with E-state index in [4.69, 9.17) is 9.47 Å². The molecule has 2 heterocycles. The largest absolute Gasteiger partial charge is 0.465 e. The molecule has 160 valence electrons. The lowest BCUT2D eigenvalue weighted by atomic mass is 10.2. The number of aromatic nitrogens is 4. The summed E-state index contributed by atoms with van der Waals surface area (Å²) >= 11 is 0. The molecule has 0 aliphatic heterocycles. The van der Waals surface area contributed by atoms with Gasteiger partial charge in [-0.2, -0.15) is 0 Å². The van der Waals surface area contributed by atoms with Crippen molar-refractivity contribution < 1.29 is 19.1 Å². The van der Waals surface area contributed by atoms with E-state index in [9.17, 15) is 19.2 Å². The van der Waals surface area contributed by atoms with E-state index in [2.05, 4.69) is 4.98 Å². The van der Waals surface area contributed by atoms with Crippen molar-refractivity contribution >= 4 is 23.0 Å². The molecule has 0 atom stereocenters. The van der Waals surface area contributed by atoms with Gasteiger partial charge in [0.15, 0.2) is 11.2 Å². The molecule has 11 nitrogen and oxygen atoms in total. The number of imidazole rings is 1. The van der Waals surface area contributed by atoms with E-state index in [1.807, 2.05) is 0 Å². The third-order valence-corrected chi connectivity index (χ3v) is 4.55. The number of carbonyl (C=O) groups excluding carboxylic acids is 2. The van der Waals surface area contributed by atoms with Gasteiger partial charge in [0.1, 0.15) is 6.54 Å². The first kappa shape index (κ1) is 22.3. The van der Waals surface area contributed by atoms with Crippen molar-refractivity contribution in [2.45, 2.75) is 26.3 Å². The zero-order valence-electron chi connectivity index (χ0n) is 17.2. The van der Waals surface area contributed by atoms with Gasteiger partial charge in [0.2, 0.25) is 5.91 Å². The first-order chi connectivity index (χ1) is 13.8. The second-order valence-electron chi connectivity index (χ2n) is 6.53. The van der Waals surface area contributed by atoms with Crippen molar-refractivity contribution in [2.24, 2.45) is 14.1 Å². The number of hydrogen-bond donors (Lipinski definition) is 0. The lowest BCUT2D eigenvalue weighted by Crippen LogP contribution is -2.38. The smallest absolute Gasteiger partial charge is 0.332 e. The highest BCUT2D eigenvalue weighted by atomic mass is 16.5. The third kappa shape index (κ3) is 5.11. The zero-order chi connectivity index (χ0) is 21.6. The highest BCUT2D eigenvalue weighted by molar-refractivity contribution is 5.82. The fourth-order valence-corrected chi connectivity index (χ4v) is 2.98. The number of amides is 1. The van der Waals surface area contributed by atoms with Crippen LogP contribution in [0.2, 0.25) is 0 Å². The Hall–Kier alpha value is -2.95. The van der Waals surface area contributed by atoms with Gasteiger partial charge in [-0.3, -0.25) is 23.5 Å². The van der Waals surface area contributed by atoms with Gasteiger partial charge in [0.25, 0.3) is 5.56 Å². The topological polar surface area (TPSA) is 118 Å². The quantitative estimate of drug-likeness (QED) is 0.474. The van der Waals surface area contributed by atoms with Crippen LogP contribution in [0, 0.1) is 0 Å². The Morgan fingerprint density at radius 3 is 2.59 bits per heavy atom. The standard InChI is InChI=1S/C18H27N5O6/c1-5-29-14(25)11-22(9-10-28-4)13(24)7-6-8-23-12-19-16-15(23)17(26)21(3)18(27)20(16)2/h12H,5-11H2,1-4H3. The fourth-order valence-electron chi connectivity index (χ4n) is 2.98.